The quantitative estimate of drug-likeness (QED) is 0.824. The number of furan rings is 1. The summed E-state index contributed by atoms with van der Waals surface area (Å²) < 4.78 is 14.8. The smallest absolute Gasteiger partial charge is 0.339 e. The second kappa shape index (κ2) is 5.75. The zero-order chi connectivity index (χ0) is 14.7. The lowest BCUT2D eigenvalue weighted by atomic mass is 10.0. The highest BCUT2D eigenvalue weighted by atomic mass is 16.5. The van der Waals surface area contributed by atoms with Crippen LogP contribution in [0.1, 0.15) is 5.76 Å². The van der Waals surface area contributed by atoms with Crippen molar-refractivity contribution in [1.82, 2.24) is 5.32 Å². The van der Waals surface area contributed by atoms with E-state index >= 15 is 0 Å². The van der Waals surface area contributed by atoms with Gasteiger partial charge in [0.05, 0.1) is 37.7 Å². The molecule has 1 atom stereocenters. The molecule has 106 valence electrons. The Morgan fingerprint density at radius 2 is 1.95 bits per heavy atom. The number of carbonyl (C=O) groups is 2. The van der Waals surface area contributed by atoms with Gasteiger partial charge in [-0.15, -0.1) is 0 Å². The van der Waals surface area contributed by atoms with Gasteiger partial charge < -0.3 is 19.2 Å². The van der Waals surface area contributed by atoms with Crippen molar-refractivity contribution in [3.63, 3.8) is 0 Å². The molecule has 1 aromatic rings. The van der Waals surface area contributed by atoms with Crippen molar-refractivity contribution in [2.75, 3.05) is 21.3 Å². The Labute approximate surface area is 116 Å². The van der Waals surface area contributed by atoms with Crippen molar-refractivity contribution >= 4 is 17.5 Å². The van der Waals surface area contributed by atoms with Gasteiger partial charge in [-0.2, -0.15) is 0 Å². The zero-order valence-corrected chi connectivity index (χ0v) is 11.4. The van der Waals surface area contributed by atoms with E-state index < -0.39 is 18.0 Å². The maximum atomic E-state index is 12.0. The molecular formula is C14H15NO5. The molecule has 1 unspecified atom stereocenters. The van der Waals surface area contributed by atoms with Crippen LogP contribution in [0.3, 0.4) is 0 Å². The molecule has 0 bridgehead atoms. The first-order valence-electron chi connectivity index (χ1n) is 5.98. The average molecular weight is 277 g/mol. The molecule has 0 amide bonds. The average Bonchev–Trinajstić information content (AvgIpc) is 3.11. The fraction of sp³-hybridized carbons (Fsp3) is 0.286. The molecule has 0 saturated heterocycles. The fourth-order valence-electron chi connectivity index (χ4n) is 2.16. The normalized spacial score (nSPS) is 17.9. The number of esters is 2. The summed E-state index contributed by atoms with van der Waals surface area (Å²) in [6.07, 6.45) is 3.23. The van der Waals surface area contributed by atoms with Crippen LogP contribution in [0.2, 0.25) is 0 Å². The van der Waals surface area contributed by atoms with Crippen LogP contribution in [0.4, 0.5) is 0 Å². The number of nitrogens with one attached hydrogen (secondary N) is 1. The van der Waals surface area contributed by atoms with Gasteiger partial charge in [0.2, 0.25) is 0 Å². The van der Waals surface area contributed by atoms with Crippen LogP contribution < -0.4 is 5.32 Å². The molecule has 1 N–H and O–H groups in total. The molecule has 0 aliphatic heterocycles. The molecule has 6 nitrogen and oxygen atoms in total. The third-order valence-corrected chi connectivity index (χ3v) is 3.08. The van der Waals surface area contributed by atoms with E-state index in [1.165, 1.54) is 20.5 Å². The van der Waals surface area contributed by atoms with Crippen molar-refractivity contribution in [2.45, 2.75) is 6.04 Å². The summed E-state index contributed by atoms with van der Waals surface area (Å²) in [5.41, 5.74) is 0.892. The molecule has 1 heterocycles. The first kappa shape index (κ1) is 14.1. The molecule has 0 fully saturated rings. The van der Waals surface area contributed by atoms with Crippen LogP contribution in [-0.2, 0) is 19.1 Å². The molecule has 0 radical (unpaired) electrons. The van der Waals surface area contributed by atoms with E-state index in [-0.39, 0.29) is 11.1 Å². The zero-order valence-electron chi connectivity index (χ0n) is 11.4. The molecule has 1 aromatic heterocycles. The summed E-state index contributed by atoms with van der Waals surface area (Å²) in [6, 6.07) is 2.98. The Hall–Kier alpha value is -2.34. The third kappa shape index (κ3) is 2.25. The summed E-state index contributed by atoms with van der Waals surface area (Å²) in [6.45, 7) is 0. The maximum absolute atomic E-state index is 12.0. The first-order chi connectivity index (χ1) is 9.63. The van der Waals surface area contributed by atoms with Crippen LogP contribution in [0.15, 0.2) is 40.0 Å². The molecule has 2 rings (SSSR count). The highest BCUT2D eigenvalue weighted by Gasteiger charge is 2.36. The SMILES string of the molecule is CNC1C=C(c2ccco2)C(C(=O)OC)=C1C(=O)OC. The standard InChI is InChI=1S/C14H15NO5/c1-15-9-7-8(10-5-4-6-20-10)11(13(16)18-2)12(9)14(17)19-3/h4-7,9,15H,1-3H3. The van der Waals surface area contributed by atoms with Crippen LogP contribution >= 0.6 is 0 Å². The lowest BCUT2D eigenvalue weighted by Crippen LogP contribution is -2.29. The summed E-state index contributed by atoms with van der Waals surface area (Å²) >= 11 is 0. The van der Waals surface area contributed by atoms with Gasteiger partial charge in [-0.1, -0.05) is 6.08 Å². The maximum Gasteiger partial charge on any atom is 0.339 e. The Balaban J connectivity index is 2.59. The largest absolute Gasteiger partial charge is 0.466 e. The predicted octanol–water partition coefficient (Wildman–Crippen LogP) is 0.907. The molecule has 1 aliphatic rings. The second-order valence-electron chi connectivity index (χ2n) is 4.10. The molecule has 20 heavy (non-hydrogen) atoms. The first-order valence-corrected chi connectivity index (χ1v) is 5.98. The number of carbonyl (C=O) groups excluding carboxylic acids is 2. The molecule has 6 heteroatoms. The van der Waals surface area contributed by atoms with Crippen molar-refractivity contribution in [3.05, 3.63) is 41.4 Å². The Morgan fingerprint density at radius 1 is 1.25 bits per heavy atom. The number of ether oxygens (including phenoxy) is 2. The lowest BCUT2D eigenvalue weighted by molar-refractivity contribution is -0.139. The van der Waals surface area contributed by atoms with Crippen molar-refractivity contribution < 1.29 is 23.5 Å². The minimum absolute atomic E-state index is 0.161. The molecule has 0 aromatic carbocycles. The number of methoxy groups -OCH3 is 2. The highest BCUT2D eigenvalue weighted by molar-refractivity contribution is 6.15. The van der Waals surface area contributed by atoms with Crippen LogP contribution in [0.5, 0.6) is 0 Å². The number of hydrogen-bond donors (Lipinski definition) is 1. The van der Waals surface area contributed by atoms with Gasteiger partial charge in [0.1, 0.15) is 5.76 Å². The highest BCUT2D eigenvalue weighted by Crippen LogP contribution is 2.35. The molecule has 0 saturated carbocycles. The second-order valence-corrected chi connectivity index (χ2v) is 4.10. The monoisotopic (exact) mass is 277 g/mol. The number of likely N-dealkylation sites (N-methyl/N-ethyl adjacent to an activating group) is 1. The lowest BCUT2D eigenvalue weighted by Gasteiger charge is -2.11. The van der Waals surface area contributed by atoms with Gasteiger partial charge in [-0.25, -0.2) is 9.59 Å². The van der Waals surface area contributed by atoms with Gasteiger partial charge in [0.15, 0.2) is 0 Å². The van der Waals surface area contributed by atoms with Crippen molar-refractivity contribution in [2.24, 2.45) is 0 Å². The molecular weight excluding hydrogens is 262 g/mol. The van der Waals surface area contributed by atoms with E-state index in [2.05, 4.69) is 5.32 Å². The van der Waals surface area contributed by atoms with Crippen LogP contribution in [-0.4, -0.2) is 39.2 Å². The van der Waals surface area contributed by atoms with Gasteiger partial charge >= 0.3 is 11.9 Å². The number of rotatable bonds is 4. The minimum atomic E-state index is -0.606. The fourth-order valence-corrected chi connectivity index (χ4v) is 2.16. The van der Waals surface area contributed by atoms with E-state index in [1.54, 1.807) is 25.3 Å². The topological polar surface area (TPSA) is 77.8 Å². The van der Waals surface area contributed by atoms with Gasteiger partial charge in [-0.3, -0.25) is 0 Å². The van der Waals surface area contributed by atoms with E-state index in [4.69, 9.17) is 13.9 Å². The third-order valence-electron chi connectivity index (χ3n) is 3.08. The Bertz CT molecular complexity index is 583. The van der Waals surface area contributed by atoms with E-state index in [0.29, 0.717) is 11.3 Å². The molecule has 1 aliphatic carbocycles. The Morgan fingerprint density at radius 3 is 2.45 bits per heavy atom. The molecule has 0 spiro atoms. The van der Waals surface area contributed by atoms with Crippen LogP contribution in [0.25, 0.3) is 5.57 Å². The summed E-state index contributed by atoms with van der Waals surface area (Å²) in [5.74, 6) is -0.696. The van der Waals surface area contributed by atoms with Gasteiger partial charge in [0, 0.05) is 5.57 Å². The predicted molar refractivity (Wildman–Crippen MR) is 70.6 cm³/mol. The van der Waals surface area contributed by atoms with E-state index in [1.807, 2.05) is 0 Å². The minimum Gasteiger partial charge on any atom is -0.466 e. The summed E-state index contributed by atoms with van der Waals surface area (Å²) in [7, 11) is 4.21. The summed E-state index contributed by atoms with van der Waals surface area (Å²) in [5, 5.41) is 2.95. The van der Waals surface area contributed by atoms with E-state index in [0.717, 1.165) is 0 Å². The number of hydrogen-bond acceptors (Lipinski definition) is 6. The van der Waals surface area contributed by atoms with Crippen molar-refractivity contribution in [1.29, 1.82) is 0 Å². The van der Waals surface area contributed by atoms with Gasteiger partial charge in [-0.05, 0) is 19.2 Å². The summed E-state index contributed by atoms with van der Waals surface area (Å²) in [4.78, 5) is 24.0. The van der Waals surface area contributed by atoms with Crippen molar-refractivity contribution in [3.8, 4) is 0 Å². The van der Waals surface area contributed by atoms with Gasteiger partial charge in [0.25, 0.3) is 0 Å². The van der Waals surface area contributed by atoms with E-state index in [9.17, 15) is 9.59 Å². The van der Waals surface area contributed by atoms with Crippen LogP contribution in [0, 0.1) is 0 Å². The Kier molecular flexibility index (Phi) is 4.05.